The summed E-state index contributed by atoms with van der Waals surface area (Å²) < 4.78 is 6.99. The van der Waals surface area contributed by atoms with Crippen molar-refractivity contribution in [3.8, 4) is 0 Å². The molecule has 1 aromatic carbocycles. The topological polar surface area (TPSA) is 21.3 Å². The molecule has 114 valence electrons. The third-order valence-electron chi connectivity index (χ3n) is 5.01. The van der Waals surface area contributed by atoms with Crippen LogP contribution in [0.3, 0.4) is 0 Å². The van der Waals surface area contributed by atoms with Gasteiger partial charge in [0.15, 0.2) is 0 Å². The van der Waals surface area contributed by atoms with Crippen LogP contribution in [0.15, 0.2) is 63.4 Å². The predicted octanol–water partition coefficient (Wildman–Crippen LogP) is 4.62. The lowest BCUT2D eigenvalue weighted by atomic mass is 9.80. The van der Waals surface area contributed by atoms with Gasteiger partial charge in [-0.2, -0.15) is 0 Å². The van der Waals surface area contributed by atoms with Gasteiger partial charge in [0.05, 0.1) is 13.2 Å². The van der Waals surface area contributed by atoms with Crippen LogP contribution in [-0.2, 0) is 4.74 Å². The first-order chi connectivity index (χ1) is 10.8. The maximum absolute atomic E-state index is 5.69. The lowest BCUT2D eigenvalue weighted by Gasteiger charge is -2.26. The third-order valence-corrected chi connectivity index (χ3v) is 5.80. The van der Waals surface area contributed by atoms with Crippen LogP contribution < -0.4 is 5.32 Å². The second kappa shape index (κ2) is 5.71. The van der Waals surface area contributed by atoms with Crippen LogP contribution in [0, 0.1) is 5.92 Å². The Hall–Kier alpha value is -1.32. The van der Waals surface area contributed by atoms with Gasteiger partial charge in [0, 0.05) is 10.1 Å². The maximum Gasteiger partial charge on any atom is 0.127 e. The van der Waals surface area contributed by atoms with E-state index in [9.17, 15) is 0 Å². The summed E-state index contributed by atoms with van der Waals surface area (Å²) in [4.78, 5) is 0. The minimum atomic E-state index is 0.266. The van der Waals surface area contributed by atoms with E-state index in [2.05, 4.69) is 57.7 Å². The summed E-state index contributed by atoms with van der Waals surface area (Å²) >= 11 is 3.79. The van der Waals surface area contributed by atoms with E-state index in [4.69, 9.17) is 4.74 Å². The summed E-state index contributed by atoms with van der Waals surface area (Å²) in [5.74, 6) is 1.67. The molecule has 1 heterocycles. The molecule has 0 aromatic heterocycles. The number of allylic oxidation sites excluding steroid dienone is 2. The molecular formula is C19H20BrNO. The predicted molar refractivity (Wildman–Crippen MR) is 92.6 cm³/mol. The van der Waals surface area contributed by atoms with Gasteiger partial charge in [-0.1, -0.05) is 46.3 Å². The van der Waals surface area contributed by atoms with Crippen molar-refractivity contribution in [1.82, 2.24) is 5.32 Å². The highest BCUT2D eigenvalue weighted by Crippen LogP contribution is 2.50. The second-order valence-electron chi connectivity index (χ2n) is 6.18. The van der Waals surface area contributed by atoms with E-state index in [0.717, 1.165) is 18.7 Å². The molecule has 22 heavy (non-hydrogen) atoms. The zero-order valence-corrected chi connectivity index (χ0v) is 14.3. The molecule has 1 aliphatic heterocycles. The van der Waals surface area contributed by atoms with Gasteiger partial charge in [-0.05, 0) is 54.5 Å². The summed E-state index contributed by atoms with van der Waals surface area (Å²) in [6, 6.07) is 11.0. The van der Waals surface area contributed by atoms with Gasteiger partial charge in [0.1, 0.15) is 5.76 Å². The summed E-state index contributed by atoms with van der Waals surface area (Å²) in [6.45, 7) is 1.07. The smallest absolute Gasteiger partial charge is 0.127 e. The Morgan fingerprint density at radius 2 is 2.00 bits per heavy atom. The Morgan fingerprint density at radius 3 is 2.77 bits per heavy atom. The summed E-state index contributed by atoms with van der Waals surface area (Å²) in [6.07, 6.45) is 5.81. The number of rotatable bonds is 2. The number of nitrogens with one attached hydrogen (secondary N) is 1. The fourth-order valence-electron chi connectivity index (χ4n) is 4.00. The lowest BCUT2D eigenvalue weighted by molar-refractivity contribution is 0.300. The largest absolute Gasteiger partial charge is 0.496 e. The molecule has 4 rings (SSSR count). The molecule has 3 aliphatic rings. The van der Waals surface area contributed by atoms with Gasteiger partial charge in [0.2, 0.25) is 0 Å². The van der Waals surface area contributed by atoms with Crippen molar-refractivity contribution in [3.63, 3.8) is 0 Å². The molecule has 0 radical (unpaired) electrons. The molecule has 0 saturated heterocycles. The van der Waals surface area contributed by atoms with E-state index in [1.54, 1.807) is 7.11 Å². The van der Waals surface area contributed by atoms with Gasteiger partial charge in [-0.3, -0.25) is 0 Å². The highest BCUT2D eigenvalue weighted by Gasteiger charge is 2.38. The Kier molecular flexibility index (Phi) is 3.71. The van der Waals surface area contributed by atoms with E-state index >= 15 is 0 Å². The minimum absolute atomic E-state index is 0.266. The first kappa shape index (κ1) is 14.3. The zero-order chi connectivity index (χ0) is 15.1. The van der Waals surface area contributed by atoms with Crippen molar-refractivity contribution in [2.24, 2.45) is 5.92 Å². The molecule has 0 saturated carbocycles. The van der Waals surface area contributed by atoms with E-state index in [-0.39, 0.29) is 6.04 Å². The first-order valence-corrected chi connectivity index (χ1v) is 8.76. The number of hydrogen-bond donors (Lipinski definition) is 1. The van der Waals surface area contributed by atoms with Gasteiger partial charge in [-0.15, -0.1) is 0 Å². The molecule has 1 aromatic rings. The fourth-order valence-corrected chi connectivity index (χ4v) is 4.64. The molecule has 0 fully saturated rings. The molecule has 0 spiro atoms. The highest BCUT2D eigenvalue weighted by molar-refractivity contribution is 9.11. The van der Waals surface area contributed by atoms with E-state index < -0.39 is 0 Å². The van der Waals surface area contributed by atoms with Gasteiger partial charge in [0.25, 0.3) is 0 Å². The summed E-state index contributed by atoms with van der Waals surface area (Å²) in [5, 5.41) is 3.75. The van der Waals surface area contributed by atoms with Crippen LogP contribution in [0.5, 0.6) is 0 Å². The Balaban J connectivity index is 1.88. The van der Waals surface area contributed by atoms with Crippen molar-refractivity contribution in [3.05, 3.63) is 68.9 Å². The molecule has 2 nitrogen and oxygen atoms in total. The average Bonchev–Trinajstić information content (AvgIpc) is 2.85. The molecule has 2 atom stereocenters. The van der Waals surface area contributed by atoms with Crippen molar-refractivity contribution in [2.75, 3.05) is 13.7 Å². The van der Waals surface area contributed by atoms with Gasteiger partial charge >= 0.3 is 0 Å². The summed E-state index contributed by atoms with van der Waals surface area (Å²) in [5.41, 5.74) is 5.56. The highest BCUT2D eigenvalue weighted by atomic mass is 79.9. The van der Waals surface area contributed by atoms with E-state index in [0.29, 0.717) is 5.92 Å². The van der Waals surface area contributed by atoms with Crippen molar-refractivity contribution in [2.45, 2.75) is 25.3 Å². The minimum Gasteiger partial charge on any atom is -0.496 e. The van der Waals surface area contributed by atoms with Crippen molar-refractivity contribution >= 4 is 15.9 Å². The number of benzene rings is 1. The Labute approximate surface area is 140 Å². The molecule has 2 unspecified atom stereocenters. The Morgan fingerprint density at radius 1 is 1.18 bits per heavy atom. The zero-order valence-electron chi connectivity index (χ0n) is 12.7. The first-order valence-electron chi connectivity index (χ1n) is 7.97. The molecule has 2 aliphatic carbocycles. The fraction of sp³-hybridized carbons (Fsp3) is 0.368. The Bertz CT molecular complexity index is 687. The number of halogens is 1. The quantitative estimate of drug-likeness (QED) is 0.833. The van der Waals surface area contributed by atoms with Crippen LogP contribution in [0.1, 0.15) is 30.9 Å². The number of methoxy groups -OCH3 is 1. The van der Waals surface area contributed by atoms with E-state index in [1.165, 1.54) is 39.6 Å². The van der Waals surface area contributed by atoms with Crippen LogP contribution >= 0.6 is 15.9 Å². The van der Waals surface area contributed by atoms with Crippen LogP contribution in [-0.4, -0.2) is 13.7 Å². The summed E-state index contributed by atoms with van der Waals surface area (Å²) in [7, 11) is 1.78. The van der Waals surface area contributed by atoms with Crippen molar-refractivity contribution in [1.29, 1.82) is 0 Å². The average molecular weight is 358 g/mol. The molecule has 0 bridgehead atoms. The SMILES string of the molecule is COC1=CC2=C3C1=C(Br)CCC3CCNC2c1ccccc1. The number of hydrogen-bond acceptors (Lipinski definition) is 2. The van der Waals surface area contributed by atoms with Crippen LogP contribution in [0.2, 0.25) is 0 Å². The molecule has 0 amide bonds. The third kappa shape index (κ3) is 2.19. The van der Waals surface area contributed by atoms with E-state index in [1.807, 2.05) is 0 Å². The van der Waals surface area contributed by atoms with Crippen LogP contribution in [0.4, 0.5) is 0 Å². The monoisotopic (exact) mass is 357 g/mol. The van der Waals surface area contributed by atoms with Gasteiger partial charge < -0.3 is 10.1 Å². The van der Waals surface area contributed by atoms with Gasteiger partial charge in [-0.25, -0.2) is 0 Å². The lowest BCUT2D eigenvalue weighted by Crippen LogP contribution is -2.22. The normalized spacial score (nSPS) is 27.5. The maximum atomic E-state index is 5.69. The molecule has 1 N–H and O–H groups in total. The van der Waals surface area contributed by atoms with Crippen molar-refractivity contribution < 1.29 is 4.74 Å². The van der Waals surface area contributed by atoms with Crippen LogP contribution in [0.25, 0.3) is 0 Å². The second-order valence-corrected chi connectivity index (χ2v) is 7.14. The molecular weight excluding hydrogens is 338 g/mol. The standard InChI is InChI=1S/C19H20BrNO/c1-22-16-11-14-17-12(7-8-15(20)18(16)17)9-10-21-19(14)13-5-3-2-4-6-13/h2-6,11-12,19,21H,7-10H2,1H3. The molecule has 3 heteroatoms. The number of ether oxygens (including phenoxy) is 1.